The number of rotatable bonds is 4. The highest BCUT2D eigenvalue weighted by molar-refractivity contribution is 7.71. The summed E-state index contributed by atoms with van der Waals surface area (Å²) >= 11 is 5.37. The molecule has 1 aliphatic heterocycles. The smallest absolute Gasteiger partial charge is 0.177 e. The van der Waals surface area contributed by atoms with Gasteiger partial charge in [-0.25, -0.2) is 0 Å². The summed E-state index contributed by atoms with van der Waals surface area (Å²) in [7, 11) is 0. The lowest BCUT2D eigenvalue weighted by Crippen LogP contribution is -2.15. The molecule has 1 aromatic heterocycles. The molecule has 0 bridgehead atoms. The fourth-order valence-corrected chi connectivity index (χ4v) is 2.86. The van der Waals surface area contributed by atoms with Gasteiger partial charge in [-0.15, -0.1) is 0 Å². The van der Waals surface area contributed by atoms with Crippen molar-refractivity contribution in [3.05, 3.63) is 40.4 Å². The molecule has 0 unspecified atom stereocenters. The molecule has 1 aliphatic rings. The van der Waals surface area contributed by atoms with Crippen molar-refractivity contribution < 1.29 is 9.47 Å². The third-order valence-corrected chi connectivity index (χ3v) is 4.06. The van der Waals surface area contributed by atoms with Crippen LogP contribution in [0.1, 0.15) is 31.0 Å². The van der Waals surface area contributed by atoms with Crippen LogP contribution in [-0.2, 0) is 13.0 Å². The number of imidazole rings is 1. The van der Waals surface area contributed by atoms with Crippen LogP contribution in [0.2, 0.25) is 0 Å². The maximum atomic E-state index is 5.63. The van der Waals surface area contributed by atoms with Gasteiger partial charge in [0.1, 0.15) is 13.2 Å². The zero-order valence-corrected chi connectivity index (χ0v) is 13.2. The largest absolute Gasteiger partial charge is 0.486 e. The second kappa shape index (κ2) is 5.93. The minimum Gasteiger partial charge on any atom is -0.486 e. The summed E-state index contributed by atoms with van der Waals surface area (Å²) in [6, 6.07) is 6.15. The molecule has 3 rings (SSSR count). The molecule has 0 saturated heterocycles. The van der Waals surface area contributed by atoms with Crippen molar-refractivity contribution in [3.63, 3.8) is 0 Å². The van der Waals surface area contributed by atoms with E-state index >= 15 is 0 Å². The van der Waals surface area contributed by atoms with Crippen LogP contribution in [0.3, 0.4) is 0 Å². The second-order valence-corrected chi connectivity index (χ2v) is 5.94. The molecular formula is C16H20N2O2S. The van der Waals surface area contributed by atoms with Gasteiger partial charge in [-0.2, -0.15) is 0 Å². The Bertz CT molecular complexity index is 688. The van der Waals surface area contributed by atoms with Crippen molar-refractivity contribution in [2.45, 2.75) is 32.7 Å². The lowest BCUT2D eigenvalue weighted by Gasteiger charge is -2.19. The SMILES string of the molecule is CC(C)c1c[nH]c(=S)n1CCc1ccc2c(c1)OCCO2. The summed E-state index contributed by atoms with van der Waals surface area (Å²) < 4.78 is 14.1. The molecule has 0 amide bonds. The Balaban J connectivity index is 1.76. The predicted octanol–water partition coefficient (Wildman–Crippen LogP) is 3.68. The number of hydrogen-bond donors (Lipinski definition) is 1. The molecule has 1 N–H and O–H groups in total. The maximum Gasteiger partial charge on any atom is 0.177 e. The highest BCUT2D eigenvalue weighted by atomic mass is 32.1. The van der Waals surface area contributed by atoms with Crippen LogP contribution in [0.25, 0.3) is 0 Å². The van der Waals surface area contributed by atoms with E-state index in [4.69, 9.17) is 21.7 Å². The van der Waals surface area contributed by atoms with E-state index in [2.05, 4.69) is 35.5 Å². The van der Waals surface area contributed by atoms with Gasteiger partial charge in [0, 0.05) is 18.4 Å². The van der Waals surface area contributed by atoms with E-state index in [1.54, 1.807) is 0 Å². The van der Waals surface area contributed by atoms with E-state index in [1.165, 1.54) is 11.3 Å². The van der Waals surface area contributed by atoms with Crippen LogP contribution >= 0.6 is 12.2 Å². The van der Waals surface area contributed by atoms with Gasteiger partial charge in [0.15, 0.2) is 16.3 Å². The Kier molecular flexibility index (Phi) is 4.01. The molecule has 0 fully saturated rings. The Morgan fingerprint density at radius 3 is 2.76 bits per heavy atom. The van der Waals surface area contributed by atoms with Crippen molar-refractivity contribution in [1.29, 1.82) is 0 Å². The fraction of sp³-hybridized carbons (Fsp3) is 0.438. The van der Waals surface area contributed by atoms with E-state index in [0.29, 0.717) is 19.1 Å². The van der Waals surface area contributed by atoms with E-state index in [1.807, 2.05) is 12.3 Å². The number of nitrogens with zero attached hydrogens (tertiary/aromatic N) is 1. The Morgan fingerprint density at radius 1 is 1.24 bits per heavy atom. The van der Waals surface area contributed by atoms with Crippen molar-refractivity contribution in [2.75, 3.05) is 13.2 Å². The standard InChI is InChI=1S/C16H20N2O2S/c1-11(2)13-10-17-16(21)18(13)6-5-12-3-4-14-15(9-12)20-8-7-19-14/h3-4,9-11H,5-8H2,1-2H3,(H,17,21). The monoisotopic (exact) mass is 304 g/mol. The first-order valence-electron chi connectivity index (χ1n) is 7.32. The van der Waals surface area contributed by atoms with Gasteiger partial charge in [-0.05, 0) is 42.3 Å². The van der Waals surface area contributed by atoms with Crippen molar-refractivity contribution in [2.24, 2.45) is 0 Å². The highest BCUT2D eigenvalue weighted by Gasteiger charge is 2.12. The first kappa shape index (κ1) is 14.2. The van der Waals surface area contributed by atoms with E-state index in [9.17, 15) is 0 Å². The number of benzene rings is 1. The fourth-order valence-electron chi connectivity index (χ4n) is 2.60. The molecular weight excluding hydrogens is 284 g/mol. The number of aromatic nitrogens is 2. The molecule has 1 aromatic carbocycles. The van der Waals surface area contributed by atoms with E-state index in [-0.39, 0.29) is 0 Å². The van der Waals surface area contributed by atoms with Gasteiger partial charge in [0.05, 0.1) is 0 Å². The van der Waals surface area contributed by atoms with Crippen LogP contribution in [0, 0.1) is 4.77 Å². The first-order chi connectivity index (χ1) is 10.1. The molecule has 0 saturated carbocycles. The van der Waals surface area contributed by atoms with Crippen molar-refractivity contribution in [1.82, 2.24) is 9.55 Å². The molecule has 0 aliphatic carbocycles. The van der Waals surface area contributed by atoms with Crippen LogP contribution in [0.4, 0.5) is 0 Å². The van der Waals surface area contributed by atoms with E-state index in [0.717, 1.165) is 29.2 Å². The van der Waals surface area contributed by atoms with Gasteiger partial charge in [-0.1, -0.05) is 19.9 Å². The lowest BCUT2D eigenvalue weighted by atomic mass is 10.1. The van der Waals surface area contributed by atoms with Gasteiger partial charge in [-0.3, -0.25) is 0 Å². The predicted molar refractivity (Wildman–Crippen MR) is 84.8 cm³/mol. The van der Waals surface area contributed by atoms with Crippen molar-refractivity contribution in [3.8, 4) is 11.5 Å². The lowest BCUT2D eigenvalue weighted by molar-refractivity contribution is 0.171. The summed E-state index contributed by atoms with van der Waals surface area (Å²) in [4.78, 5) is 3.14. The summed E-state index contributed by atoms with van der Waals surface area (Å²) in [6.07, 6.45) is 2.93. The number of fused-ring (bicyclic) bond motifs is 1. The third kappa shape index (κ3) is 2.97. The van der Waals surface area contributed by atoms with Gasteiger partial charge >= 0.3 is 0 Å². The summed E-state index contributed by atoms with van der Waals surface area (Å²) in [5.41, 5.74) is 2.48. The minimum atomic E-state index is 0.457. The summed E-state index contributed by atoms with van der Waals surface area (Å²) in [6.45, 7) is 6.48. The van der Waals surface area contributed by atoms with Crippen LogP contribution in [-0.4, -0.2) is 22.8 Å². The summed E-state index contributed by atoms with van der Waals surface area (Å²) in [5.74, 6) is 2.14. The maximum absolute atomic E-state index is 5.63. The molecule has 21 heavy (non-hydrogen) atoms. The molecule has 5 heteroatoms. The van der Waals surface area contributed by atoms with E-state index < -0.39 is 0 Å². The average molecular weight is 304 g/mol. The molecule has 112 valence electrons. The van der Waals surface area contributed by atoms with Crippen molar-refractivity contribution >= 4 is 12.2 Å². The number of aromatic amines is 1. The topological polar surface area (TPSA) is 39.2 Å². The Morgan fingerprint density at radius 2 is 2.00 bits per heavy atom. The summed E-state index contributed by atoms with van der Waals surface area (Å²) in [5, 5.41) is 0. The quantitative estimate of drug-likeness (QED) is 0.876. The Hall–Kier alpha value is -1.75. The normalized spacial score (nSPS) is 13.7. The number of H-pyrrole nitrogens is 1. The third-order valence-electron chi connectivity index (χ3n) is 3.72. The zero-order chi connectivity index (χ0) is 14.8. The zero-order valence-electron chi connectivity index (χ0n) is 12.4. The first-order valence-corrected chi connectivity index (χ1v) is 7.72. The molecule has 0 radical (unpaired) electrons. The molecule has 4 nitrogen and oxygen atoms in total. The Labute approximate surface area is 129 Å². The van der Waals surface area contributed by atoms with Crippen LogP contribution in [0.5, 0.6) is 11.5 Å². The number of hydrogen-bond acceptors (Lipinski definition) is 3. The van der Waals surface area contributed by atoms with Crippen LogP contribution in [0.15, 0.2) is 24.4 Å². The average Bonchev–Trinajstić information content (AvgIpc) is 2.86. The number of nitrogens with one attached hydrogen (secondary N) is 1. The van der Waals surface area contributed by atoms with Gasteiger partial charge < -0.3 is 19.0 Å². The van der Waals surface area contributed by atoms with Crippen LogP contribution < -0.4 is 9.47 Å². The van der Waals surface area contributed by atoms with Gasteiger partial charge in [0.2, 0.25) is 0 Å². The minimum absolute atomic E-state index is 0.457. The highest BCUT2D eigenvalue weighted by Crippen LogP contribution is 2.31. The number of aryl methyl sites for hydroxylation is 1. The molecule has 0 atom stereocenters. The molecule has 2 heterocycles. The van der Waals surface area contributed by atoms with Gasteiger partial charge in [0.25, 0.3) is 0 Å². The molecule has 0 spiro atoms. The number of ether oxygens (including phenoxy) is 2. The second-order valence-electron chi connectivity index (χ2n) is 5.55. The molecule has 2 aromatic rings.